The summed E-state index contributed by atoms with van der Waals surface area (Å²) in [5, 5.41) is 0. The van der Waals surface area contributed by atoms with Crippen LogP contribution in [0.5, 0.6) is 11.5 Å². The molecule has 8 nitrogen and oxygen atoms in total. The van der Waals surface area contributed by atoms with Crippen molar-refractivity contribution in [1.29, 1.82) is 0 Å². The Bertz CT molecular complexity index is 672. The van der Waals surface area contributed by atoms with Gasteiger partial charge in [-0.3, -0.25) is 4.79 Å². The number of ether oxygens (including phenoxy) is 4. The molecule has 9 heteroatoms. The Labute approximate surface area is 134 Å². The second-order valence-electron chi connectivity index (χ2n) is 4.59. The monoisotopic (exact) mass is 345 g/mol. The van der Waals surface area contributed by atoms with Gasteiger partial charge in [0.1, 0.15) is 28.6 Å². The van der Waals surface area contributed by atoms with Gasteiger partial charge in [0, 0.05) is 7.11 Å². The summed E-state index contributed by atoms with van der Waals surface area (Å²) in [6, 6.07) is 2.99. The number of benzene rings is 1. The molecule has 0 bridgehead atoms. The lowest BCUT2D eigenvalue weighted by atomic mass is 10.2. The molecule has 128 valence electrons. The minimum atomic E-state index is -3.94. The van der Waals surface area contributed by atoms with Gasteiger partial charge in [-0.1, -0.05) is 0 Å². The molecule has 1 amide bonds. The quantitative estimate of drug-likeness (QED) is 0.653. The second-order valence-corrected chi connectivity index (χ2v) is 6.21. The van der Waals surface area contributed by atoms with Crippen LogP contribution in [-0.4, -0.2) is 54.5 Å². The number of carbonyl (C=O) groups excluding carboxylic acids is 1. The summed E-state index contributed by atoms with van der Waals surface area (Å²) in [4.78, 5) is 11.7. The molecule has 1 aromatic rings. The molecule has 1 N–H and O–H groups in total. The van der Waals surface area contributed by atoms with Crippen molar-refractivity contribution in [3.8, 4) is 11.5 Å². The summed E-state index contributed by atoms with van der Waals surface area (Å²) in [5.74, 6) is -0.410. The van der Waals surface area contributed by atoms with E-state index in [0.29, 0.717) is 19.8 Å². The van der Waals surface area contributed by atoms with Crippen LogP contribution in [0.1, 0.15) is 17.3 Å². The number of hydrogen-bond donors (Lipinski definition) is 1. The second kappa shape index (κ2) is 7.62. The zero-order chi connectivity index (χ0) is 16.9. The Morgan fingerprint density at radius 1 is 1.04 bits per heavy atom. The molecule has 0 radical (unpaired) electrons. The fourth-order valence-electron chi connectivity index (χ4n) is 2.10. The number of fused-ring (bicyclic) bond motifs is 1. The van der Waals surface area contributed by atoms with E-state index in [-0.39, 0.29) is 35.2 Å². The van der Waals surface area contributed by atoms with Crippen LogP contribution in [0.3, 0.4) is 0 Å². The van der Waals surface area contributed by atoms with Crippen LogP contribution in [0.15, 0.2) is 17.0 Å². The number of nitrogens with one attached hydrogen (secondary N) is 1. The van der Waals surface area contributed by atoms with Gasteiger partial charge in [0.15, 0.2) is 0 Å². The van der Waals surface area contributed by atoms with E-state index in [9.17, 15) is 13.2 Å². The predicted octanol–water partition coefficient (Wildman–Crippen LogP) is 0.559. The molecular weight excluding hydrogens is 326 g/mol. The normalized spacial score (nSPS) is 15.1. The Kier molecular flexibility index (Phi) is 5.80. The van der Waals surface area contributed by atoms with Crippen molar-refractivity contribution in [3.05, 3.63) is 17.7 Å². The van der Waals surface area contributed by atoms with Gasteiger partial charge in [0.2, 0.25) is 0 Å². The lowest BCUT2D eigenvalue weighted by Crippen LogP contribution is -2.21. The Morgan fingerprint density at radius 3 is 2.43 bits per heavy atom. The molecule has 0 aromatic heterocycles. The highest BCUT2D eigenvalue weighted by atomic mass is 32.2. The molecule has 0 aliphatic carbocycles. The zero-order valence-corrected chi connectivity index (χ0v) is 13.8. The third kappa shape index (κ3) is 3.92. The van der Waals surface area contributed by atoms with E-state index in [4.69, 9.17) is 18.9 Å². The summed E-state index contributed by atoms with van der Waals surface area (Å²) < 4.78 is 47.0. The molecule has 1 aromatic carbocycles. The van der Waals surface area contributed by atoms with Crippen LogP contribution in [0.25, 0.3) is 0 Å². The van der Waals surface area contributed by atoms with Crippen LogP contribution >= 0.6 is 0 Å². The number of sulfonamides is 1. The lowest BCUT2D eigenvalue weighted by molar-refractivity contribution is 0.0539. The average molecular weight is 345 g/mol. The van der Waals surface area contributed by atoms with Crippen molar-refractivity contribution in [2.75, 3.05) is 40.1 Å². The van der Waals surface area contributed by atoms with Gasteiger partial charge in [0.05, 0.1) is 26.4 Å². The first kappa shape index (κ1) is 17.5. The van der Waals surface area contributed by atoms with Crippen molar-refractivity contribution in [2.45, 2.75) is 11.8 Å². The van der Waals surface area contributed by atoms with E-state index in [1.165, 1.54) is 12.1 Å². The largest absolute Gasteiger partial charge is 0.493 e. The summed E-state index contributed by atoms with van der Waals surface area (Å²) in [6.45, 7) is 3.36. The number of carbonyl (C=O) groups is 1. The SMILES string of the molecule is CCOc1ccc(OCCOCCOC)c2c1C(=O)NS2(=O)=O. The number of rotatable bonds is 9. The molecule has 0 saturated carbocycles. The number of methoxy groups -OCH3 is 1. The van der Waals surface area contributed by atoms with Crippen molar-refractivity contribution >= 4 is 15.9 Å². The summed E-state index contributed by atoms with van der Waals surface area (Å²) in [7, 11) is -2.38. The Hall–Kier alpha value is -1.84. The molecule has 0 unspecified atom stereocenters. The van der Waals surface area contributed by atoms with Gasteiger partial charge in [-0.15, -0.1) is 0 Å². The first-order valence-electron chi connectivity index (χ1n) is 7.07. The van der Waals surface area contributed by atoms with Gasteiger partial charge in [-0.2, -0.15) is 0 Å². The maximum Gasteiger partial charge on any atom is 0.270 e. The minimum Gasteiger partial charge on any atom is -0.493 e. The Balaban J connectivity index is 2.17. The smallest absolute Gasteiger partial charge is 0.270 e. The average Bonchev–Trinajstić information content (AvgIpc) is 2.75. The fraction of sp³-hybridized carbons (Fsp3) is 0.500. The van der Waals surface area contributed by atoms with Gasteiger partial charge >= 0.3 is 0 Å². The third-order valence-electron chi connectivity index (χ3n) is 3.02. The summed E-state index contributed by atoms with van der Waals surface area (Å²) in [5.41, 5.74) is -0.0235. The molecule has 1 heterocycles. The first-order chi connectivity index (χ1) is 11.0. The Morgan fingerprint density at radius 2 is 1.74 bits per heavy atom. The summed E-state index contributed by atoms with van der Waals surface area (Å²) in [6.07, 6.45) is 0. The molecular formula is C14H19NO7S. The predicted molar refractivity (Wildman–Crippen MR) is 80.5 cm³/mol. The maximum absolute atomic E-state index is 12.1. The third-order valence-corrected chi connectivity index (χ3v) is 4.42. The molecule has 1 aliphatic heterocycles. The zero-order valence-electron chi connectivity index (χ0n) is 13.0. The van der Waals surface area contributed by atoms with E-state index >= 15 is 0 Å². The molecule has 23 heavy (non-hydrogen) atoms. The molecule has 0 saturated heterocycles. The molecule has 0 fully saturated rings. The van der Waals surface area contributed by atoms with E-state index in [1.807, 2.05) is 4.72 Å². The summed E-state index contributed by atoms with van der Waals surface area (Å²) >= 11 is 0. The van der Waals surface area contributed by atoms with E-state index in [2.05, 4.69) is 0 Å². The van der Waals surface area contributed by atoms with E-state index in [0.717, 1.165) is 0 Å². The molecule has 2 rings (SSSR count). The van der Waals surface area contributed by atoms with Gasteiger partial charge in [-0.25, -0.2) is 13.1 Å². The van der Waals surface area contributed by atoms with Crippen molar-refractivity contribution in [3.63, 3.8) is 0 Å². The van der Waals surface area contributed by atoms with Gasteiger partial charge in [0.25, 0.3) is 15.9 Å². The van der Waals surface area contributed by atoms with Crippen molar-refractivity contribution in [2.24, 2.45) is 0 Å². The highest BCUT2D eigenvalue weighted by molar-refractivity contribution is 7.90. The van der Waals surface area contributed by atoms with Gasteiger partial charge < -0.3 is 18.9 Å². The van der Waals surface area contributed by atoms with Crippen LogP contribution in [0, 0.1) is 0 Å². The van der Waals surface area contributed by atoms with Crippen molar-refractivity contribution in [1.82, 2.24) is 4.72 Å². The van der Waals surface area contributed by atoms with Crippen LogP contribution in [0.2, 0.25) is 0 Å². The molecule has 0 spiro atoms. The standard InChI is InChI=1S/C14H19NO7S/c1-3-21-10-4-5-11(22-9-8-20-7-6-19-2)13-12(10)14(16)15-23(13,17)18/h4-5H,3,6-9H2,1-2H3,(H,15,16). The van der Waals surface area contributed by atoms with Crippen LogP contribution in [-0.2, 0) is 19.5 Å². The highest BCUT2D eigenvalue weighted by Gasteiger charge is 2.39. The first-order valence-corrected chi connectivity index (χ1v) is 8.56. The van der Waals surface area contributed by atoms with E-state index < -0.39 is 15.9 Å². The van der Waals surface area contributed by atoms with Crippen molar-refractivity contribution < 1.29 is 32.2 Å². The van der Waals surface area contributed by atoms with Gasteiger partial charge in [-0.05, 0) is 19.1 Å². The minimum absolute atomic E-state index is 0.0235. The highest BCUT2D eigenvalue weighted by Crippen LogP contribution is 2.38. The topological polar surface area (TPSA) is 100 Å². The van der Waals surface area contributed by atoms with Crippen LogP contribution in [0.4, 0.5) is 0 Å². The van der Waals surface area contributed by atoms with Crippen LogP contribution < -0.4 is 14.2 Å². The fourth-order valence-corrected chi connectivity index (χ4v) is 3.40. The lowest BCUT2D eigenvalue weighted by Gasteiger charge is -2.12. The number of amides is 1. The molecule has 0 atom stereocenters. The molecule has 1 aliphatic rings. The number of hydrogen-bond acceptors (Lipinski definition) is 7. The van der Waals surface area contributed by atoms with E-state index in [1.54, 1.807) is 14.0 Å². The maximum atomic E-state index is 12.1.